The minimum Gasteiger partial charge on any atom is -0.344 e. The Morgan fingerprint density at radius 2 is 2.00 bits per heavy atom. The topological polar surface area (TPSA) is 86.9 Å². The van der Waals surface area contributed by atoms with Crippen LogP contribution in [0.25, 0.3) is 11.0 Å². The lowest BCUT2D eigenvalue weighted by atomic mass is 10.0. The van der Waals surface area contributed by atoms with Crippen molar-refractivity contribution >= 4 is 40.1 Å². The van der Waals surface area contributed by atoms with Gasteiger partial charge in [-0.2, -0.15) is 0 Å². The van der Waals surface area contributed by atoms with Crippen molar-refractivity contribution in [3.05, 3.63) is 46.7 Å². The van der Waals surface area contributed by atoms with Gasteiger partial charge in [0.2, 0.25) is 17.8 Å². The Morgan fingerprint density at radius 3 is 2.69 bits per heavy atom. The number of fused-ring (bicyclic) bond motifs is 1. The van der Waals surface area contributed by atoms with Crippen LogP contribution >= 0.6 is 11.3 Å². The first-order valence-electron chi connectivity index (χ1n) is 8.58. The van der Waals surface area contributed by atoms with E-state index >= 15 is 0 Å². The van der Waals surface area contributed by atoms with Gasteiger partial charge in [-0.1, -0.05) is 32.0 Å². The van der Waals surface area contributed by atoms with Crippen molar-refractivity contribution in [1.82, 2.24) is 15.3 Å². The van der Waals surface area contributed by atoms with Crippen molar-refractivity contribution in [2.45, 2.75) is 32.7 Å². The maximum absolute atomic E-state index is 12.7. The van der Waals surface area contributed by atoms with Gasteiger partial charge >= 0.3 is 0 Å². The van der Waals surface area contributed by atoms with Crippen molar-refractivity contribution in [2.24, 2.45) is 5.92 Å². The van der Waals surface area contributed by atoms with E-state index in [1.54, 1.807) is 0 Å². The zero-order valence-corrected chi connectivity index (χ0v) is 15.6. The summed E-state index contributed by atoms with van der Waals surface area (Å²) in [6, 6.07) is 10.8. The van der Waals surface area contributed by atoms with Gasteiger partial charge in [0.25, 0.3) is 0 Å². The van der Waals surface area contributed by atoms with Gasteiger partial charge < -0.3 is 10.3 Å². The molecule has 0 fully saturated rings. The number of anilines is 1. The third-order valence-corrected chi connectivity index (χ3v) is 4.78. The molecule has 0 spiro atoms. The van der Waals surface area contributed by atoms with Crippen LogP contribution in [0.1, 0.15) is 25.1 Å². The number of benzene rings is 1. The zero-order chi connectivity index (χ0) is 18.5. The Kier molecular flexibility index (Phi) is 5.68. The van der Waals surface area contributed by atoms with Gasteiger partial charge in [0.1, 0.15) is 6.04 Å². The maximum Gasteiger partial charge on any atom is 0.249 e. The van der Waals surface area contributed by atoms with E-state index < -0.39 is 6.04 Å². The number of aromatic amines is 1. The first-order chi connectivity index (χ1) is 12.5. The summed E-state index contributed by atoms with van der Waals surface area (Å²) in [5.41, 5.74) is 1.63. The SMILES string of the molecule is CC(C)CC(NC(=O)Cc1cccs1)C(=O)Nc1nc2ccccc2[nH]1. The molecule has 0 aliphatic rings. The van der Waals surface area contributed by atoms with Crippen LogP contribution in [0.4, 0.5) is 5.95 Å². The molecule has 26 heavy (non-hydrogen) atoms. The van der Waals surface area contributed by atoms with Gasteiger partial charge in [-0.3, -0.25) is 14.9 Å². The summed E-state index contributed by atoms with van der Waals surface area (Å²) in [4.78, 5) is 33.4. The van der Waals surface area contributed by atoms with E-state index in [1.165, 1.54) is 11.3 Å². The predicted octanol–water partition coefficient (Wildman–Crippen LogP) is 3.34. The normalized spacial score (nSPS) is 12.3. The van der Waals surface area contributed by atoms with E-state index in [0.717, 1.165) is 15.9 Å². The Balaban J connectivity index is 1.67. The smallest absolute Gasteiger partial charge is 0.249 e. The lowest BCUT2D eigenvalue weighted by molar-refractivity contribution is -0.126. The molecule has 136 valence electrons. The molecule has 1 aromatic carbocycles. The Hall–Kier alpha value is -2.67. The highest BCUT2D eigenvalue weighted by molar-refractivity contribution is 7.10. The monoisotopic (exact) mass is 370 g/mol. The Bertz CT molecular complexity index is 853. The molecule has 0 saturated carbocycles. The van der Waals surface area contributed by atoms with Crippen LogP contribution in [0.15, 0.2) is 41.8 Å². The molecule has 0 radical (unpaired) electrons. The summed E-state index contributed by atoms with van der Waals surface area (Å²) in [5, 5.41) is 7.57. The van der Waals surface area contributed by atoms with Gasteiger partial charge in [0.05, 0.1) is 17.5 Å². The third-order valence-electron chi connectivity index (χ3n) is 3.90. The number of carbonyl (C=O) groups excluding carboxylic acids is 2. The second kappa shape index (κ2) is 8.14. The lowest BCUT2D eigenvalue weighted by Crippen LogP contribution is -2.45. The molecule has 2 amide bonds. The second-order valence-corrected chi connectivity index (χ2v) is 7.63. The van der Waals surface area contributed by atoms with E-state index in [-0.39, 0.29) is 24.2 Å². The van der Waals surface area contributed by atoms with Crippen LogP contribution < -0.4 is 10.6 Å². The summed E-state index contributed by atoms with van der Waals surface area (Å²) in [7, 11) is 0. The zero-order valence-electron chi connectivity index (χ0n) is 14.8. The summed E-state index contributed by atoms with van der Waals surface area (Å²) in [6.45, 7) is 4.04. The highest BCUT2D eigenvalue weighted by Crippen LogP contribution is 2.15. The average Bonchev–Trinajstić information content (AvgIpc) is 3.22. The Labute approximate surface area is 156 Å². The van der Waals surface area contributed by atoms with Gasteiger partial charge in [0.15, 0.2) is 0 Å². The molecule has 1 atom stereocenters. The molecular weight excluding hydrogens is 348 g/mol. The highest BCUT2D eigenvalue weighted by Gasteiger charge is 2.23. The molecular formula is C19H22N4O2S. The van der Waals surface area contributed by atoms with E-state index in [2.05, 4.69) is 20.6 Å². The molecule has 2 heterocycles. The molecule has 2 aromatic heterocycles. The number of nitrogens with zero attached hydrogens (tertiary/aromatic N) is 1. The van der Waals surface area contributed by atoms with Gasteiger partial charge in [0, 0.05) is 4.88 Å². The third kappa shape index (κ3) is 4.70. The van der Waals surface area contributed by atoms with Crippen LogP contribution in [-0.4, -0.2) is 27.8 Å². The minimum absolute atomic E-state index is 0.155. The first kappa shape index (κ1) is 18.1. The summed E-state index contributed by atoms with van der Waals surface area (Å²) in [5.74, 6) is 0.232. The van der Waals surface area contributed by atoms with Crippen LogP contribution in [0, 0.1) is 5.92 Å². The molecule has 3 aromatic rings. The van der Waals surface area contributed by atoms with Crippen LogP contribution in [0.5, 0.6) is 0 Å². The number of imidazole rings is 1. The number of H-pyrrole nitrogens is 1. The number of aromatic nitrogens is 2. The van der Waals surface area contributed by atoms with Crippen molar-refractivity contribution < 1.29 is 9.59 Å². The van der Waals surface area contributed by atoms with Crippen LogP contribution in [0.2, 0.25) is 0 Å². The summed E-state index contributed by atoms with van der Waals surface area (Å²) < 4.78 is 0. The standard InChI is InChI=1S/C19H22N4O2S/c1-12(2)10-16(20-17(24)11-13-6-5-9-26-13)18(25)23-19-21-14-7-3-4-8-15(14)22-19/h3-9,12,16H,10-11H2,1-2H3,(H,20,24)(H2,21,22,23,25). The first-order valence-corrected chi connectivity index (χ1v) is 9.46. The molecule has 7 heteroatoms. The quantitative estimate of drug-likeness (QED) is 0.596. The largest absolute Gasteiger partial charge is 0.344 e. The fraction of sp³-hybridized carbons (Fsp3) is 0.316. The van der Waals surface area contributed by atoms with Crippen molar-refractivity contribution in [1.29, 1.82) is 0 Å². The van der Waals surface area contributed by atoms with E-state index in [0.29, 0.717) is 12.4 Å². The van der Waals surface area contributed by atoms with Crippen LogP contribution in [-0.2, 0) is 16.0 Å². The van der Waals surface area contributed by atoms with Gasteiger partial charge in [-0.25, -0.2) is 4.98 Å². The predicted molar refractivity (Wildman–Crippen MR) is 104 cm³/mol. The van der Waals surface area contributed by atoms with Crippen LogP contribution in [0.3, 0.4) is 0 Å². The van der Waals surface area contributed by atoms with Gasteiger partial charge in [-0.05, 0) is 35.9 Å². The number of rotatable bonds is 7. The lowest BCUT2D eigenvalue weighted by Gasteiger charge is -2.19. The average molecular weight is 370 g/mol. The maximum atomic E-state index is 12.7. The van der Waals surface area contributed by atoms with E-state index in [9.17, 15) is 9.59 Å². The molecule has 0 saturated heterocycles. The number of amides is 2. The minimum atomic E-state index is -0.601. The molecule has 0 aliphatic carbocycles. The summed E-state index contributed by atoms with van der Waals surface area (Å²) >= 11 is 1.53. The number of hydrogen-bond donors (Lipinski definition) is 3. The highest BCUT2D eigenvalue weighted by atomic mass is 32.1. The van der Waals surface area contributed by atoms with E-state index in [1.807, 2.05) is 55.6 Å². The number of thiophene rings is 1. The number of para-hydroxylation sites is 2. The number of carbonyl (C=O) groups is 2. The molecule has 3 rings (SSSR count). The van der Waals surface area contributed by atoms with Crippen molar-refractivity contribution in [3.8, 4) is 0 Å². The molecule has 1 unspecified atom stereocenters. The number of hydrogen-bond acceptors (Lipinski definition) is 4. The fourth-order valence-corrected chi connectivity index (χ4v) is 3.44. The molecule has 6 nitrogen and oxygen atoms in total. The van der Waals surface area contributed by atoms with Gasteiger partial charge in [-0.15, -0.1) is 11.3 Å². The molecule has 3 N–H and O–H groups in total. The van der Waals surface area contributed by atoms with Crippen molar-refractivity contribution in [3.63, 3.8) is 0 Å². The molecule has 0 bridgehead atoms. The summed E-state index contributed by atoms with van der Waals surface area (Å²) in [6.07, 6.45) is 0.840. The Morgan fingerprint density at radius 1 is 1.19 bits per heavy atom. The number of nitrogens with one attached hydrogen (secondary N) is 3. The molecule has 0 aliphatic heterocycles. The second-order valence-electron chi connectivity index (χ2n) is 6.60. The van der Waals surface area contributed by atoms with Crippen molar-refractivity contribution in [2.75, 3.05) is 5.32 Å². The fourth-order valence-electron chi connectivity index (χ4n) is 2.74. The van der Waals surface area contributed by atoms with E-state index in [4.69, 9.17) is 0 Å².